The van der Waals surface area contributed by atoms with Gasteiger partial charge in [-0.25, -0.2) is 9.97 Å². The number of nitrogens with zero attached hydrogens (tertiary/aromatic N) is 2. The fourth-order valence-electron chi connectivity index (χ4n) is 3.05. The molecule has 0 aliphatic rings. The van der Waals surface area contributed by atoms with Crippen molar-refractivity contribution in [2.75, 3.05) is 19.0 Å². The molecule has 2 aromatic heterocycles. The zero-order chi connectivity index (χ0) is 17.2. The van der Waals surface area contributed by atoms with Crippen LogP contribution >= 0.6 is 0 Å². The highest BCUT2D eigenvalue weighted by Crippen LogP contribution is 2.31. The molecule has 0 unspecified atom stereocenters. The Morgan fingerprint density at radius 3 is 2.72 bits per heavy atom. The van der Waals surface area contributed by atoms with Crippen molar-refractivity contribution in [3.05, 3.63) is 59.9 Å². The van der Waals surface area contributed by atoms with Crippen LogP contribution in [0.4, 0.5) is 5.82 Å². The number of ether oxygens (including phenoxy) is 1. The number of para-hydroxylation sites is 2. The summed E-state index contributed by atoms with van der Waals surface area (Å²) in [5.74, 6) is 2.35. The molecule has 0 bridgehead atoms. The van der Waals surface area contributed by atoms with E-state index >= 15 is 0 Å². The van der Waals surface area contributed by atoms with Gasteiger partial charge in [0.1, 0.15) is 22.7 Å². The second-order valence-corrected chi connectivity index (χ2v) is 5.88. The van der Waals surface area contributed by atoms with E-state index in [1.807, 2.05) is 49.4 Å². The van der Waals surface area contributed by atoms with Crippen molar-refractivity contribution in [3.8, 4) is 5.75 Å². The summed E-state index contributed by atoms with van der Waals surface area (Å²) in [5.41, 5.74) is 3.53. The average Bonchev–Trinajstić information content (AvgIpc) is 3.01. The van der Waals surface area contributed by atoms with Gasteiger partial charge in [0.2, 0.25) is 0 Å². The number of fused-ring (bicyclic) bond motifs is 3. The van der Waals surface area contributed by atoms with Crippen LogP contribution < -0.4 is 10.1 Å². The van der Waals surface area contributed by atoms with E-state index in [1.165, 1.54) is 0 Å². The van der Waals surface area contributed by atoms with E-state index in [-0.39, 0.29) is 0 Å². The highest BCUT2D eigenvalue weighted by molar-refractivity contribution is 6.05. The van der Waals surface area contributed by atoms with Crippen LogP contribution in [0, 0.1) is 6.92 Å². The highest BCUT2D eigenvalue weighted by atomic mass is 16.5. The third-order valence-corrected chi connectivity index (χ3v) is 4.21. The zero-order valence-electron chi connectivity index (χ0n) is 14.2. The van der Waals surface area contributed by atoms with Gasteiger partial charge < -0.3 is 14.5 Å². The van der Waals surface area contributed by atoms with E-state index in [9.17, 15) is 0 Å². The Balaban J connectivity index is 1.63. The molecule has 0 aliphatic heterocycles. The number of hydrogen-bond donors (Lipinski definition) is 1. The summed E-state index contributed by atoms with van der Waals surface area (Å²) in [5, 5.41) is 4.40. The molecule has 0 amide bonds. The first kappa shape index (κ1) is 15.4. The number of methoxy groups -OCH3 is 1. The SMILES string of the molecule is COc1ccccc1CCNc1nc(C)nc2c1oc1ccccc12. The molecule has 0 atom stereocenters. The van der Waals surface area contributed by atoms with Crippen molar-refractivity contribution in [1.29, 1.82) is 0 Å². The van der Waals surface area contributed by atoms with Gasteiger partial charge in [0.25, 0.3) is 0 Å². The lowest BCUT2D eigenvalue weighted by Gasteiger charge is -2.10. The molecular formula is C20H19N3O2. The maximum Gasteiger partial charge on any atom is 0.196 e. The van der Waals surface area contributed by atoms with Crippen molar-refractivity contribution in [2.45, 2.75) is 13.3 Å². The van der Waals surface area contributed by atoms with Gasteiger partial charge in [0, 0.05) is 11.9 Å². The second-order valence-electron chi connectivity index (χ2n) is 5.88. The molecule has 25 heavy (non-hydrogen) atoms. The first-order chi connectivity index (χ1) is 12.3. The predicted molar refractivity (Wildman–Crippen MR) is 99.2 cm³/mol. The maximum absolute atomic E-state index is 5.97. The van der Waals surface area contributed by atoms with Crippen molar-refractivity contribution in [2.24, 2.45) is 0 Å². The number of anilines is 1. The standard InChI is InChI=1S/C20H19N3O2/c1-13-22-18-15-8-4-6-10-17(15)25-19(18)20(23-13)21-12-11-14-7-3-5-9-16(14)24-2/h3-10H,11-12H2,1-2H3,(H,21,22,23). The topological polar surface area (TPSA) is 60.2 Å². The molecule has 4 aromatic rings. The van der Waals surface area contributed by atoms with Gasteiger partial charge in [-0.05, 0) is 37.1 Å². The summed E-state index contributed by atoms with van der Waals surface area (Å²) < 4.78 is 11.4. The number of rotatable bonds is 5. The number of benzene rings is 2. The fraction of sp³-hybridized carbons (Fsp3) is 0.200. The molecule has 0 aliphatic carbocycles. The third-order valence-electron chi connectivity index (χ3n) is 4.21. The number of aryl methyl sites for hydroxylation is 1. The van der Waals surface area contributed by atoms with E-state index in [0.29, 0.717) is 5.58 Å². The Bertz CT molecular complexity index is 1040. The van der Waals surface area contributed by atoms with Crippen LogP contribution in [0.2, 0.25) is 0 Å². The van der Waals surface area contributed by atoms with Crippen molar-refractivity contribution in [1.82, 2.24) is 9.97 Å². The Hall–Kier alpha value is -3.08. The smallest absolute Gasteiger partial charge is 0.196 e. The molecule has 0 radical (unpaired) electrons. The van der Waals surface area contributed by atoms with Crippen molar-refractivity contribution >= 4 is 27.9 Å². The predicted octanol–water partition coefficient (Wildman–Crippen LogP) is 4.35. The van der Waals surface area contributed by atoms with Gasteiger partial charge in [0.05, 0.1) is 7.11 Å². The summed E-state index contributed by atoms with van der Waals surface area (Å²) in [7, 11) is 1.69. The molecule has 126 valence electrons. The maximum atomic E-state index is 5.97. The molecule has 2 heterocycles. The van der Waals surface area contributed by atoms with Crippen LogP contribution in [-0.4, -0.2) is 23.6 Å². The lowest BCUT2D eigenvalue weighted by molar-refractivity contribution is 0.410. The molecule has 2 aromatic carbocycles. The van der Waals surface area contributed by atoms with E-state index in [2.05, 4.69) is 21.4 Å². The first-order valence-corrected chi connectivity index (χ1v) is 8.28. The molecule has 0 saturated heterocycles. The van der Waals surface area contributed by atoms with Gasteiger partial charge in [-0.2, -0.15) is 0 Å². The van der Waals surface area contributed by atoms with Crippen LogP contribution in [-0.2, 0) is 6.42 Å². The van der Waals surface area contributed by atoms with E-state index in [4.69, 9.17) is 9.15 Å². The molecule has 1 N–H and O–H groups in total. The summed E-state index contributed by atoms with van der Waals surface area (Å²) in [6.07, 6.45) is 0.828. The molecule has 0 saturated carbocycles. The quantitative estimate of drug-likeness (QED) is 0.588. The van der Waals surface area contributed by atoms with Crippen LogP contribution in [0.25, 0.3) is 22.1 Å². The molecule has 0 spiro atoms. The third kappa shape index (κ3) is 2.89. The summed E-state index contributed by atoms with van der Waals surface area (Å²) in [4.78, 5) is 9.08. The summed E-state index contributed by atoms with van der Waals surface area (Å²) in [6.45, 7) is 2.62. The van der Waals surface area contributed by atoms with Crippen LogP contribution in [0.5, 0.6) is 5.75 Å². The molecule has 5 heteroatoms. The van der Waals surface area contributed by atoms with E-state index in [0.717, 1.165) is 52.4 Å². The lowest BCUT2D eigenvalue weighted by Crippen LogP contribution is -2.08. The number of nitrogens with one attached hydrogen (secondary N) is 1. The molecule has 0 fully saturated rings. The van der Waals surface area contributed by atoms with Gasteiger partial charge in [-0.15, -0.1) is 0 Å². The van der Waals surface area contributed by atoms with E-state index in [1.54, 1.807) is 7.11 Å². The summed E-state index contributed by atoms with van der Waals surface area (Å²) in [6, 6.07) is 16.0. The van der Waals surface area contributed by atoms with Crippen molar-refractivity contribution in [3.63, 3.8) is 0 Å². The monoisotopic (exact) mass is 333 g/mol. The number of aromatic nitrogens is 2. The highest BCUT2D eigenvalue weighted by Gasteiger charge is 2.14. The normalized spacial score (nSPS) is 11.1. The van der Waals surface area contributed by atoms with Gasteiger partial charge in [0.15, 0.2) is 11.4 Å². The van der Waals surface area contributed by atoms with Crippen LogP contribution in [0.3, 0.4) is 0 Å². The zero-order valence-corrected chi connectivity index (χ0v) is 14.2. The van der Waals surface area contributed by atoms with Crippen molar-refractivity contribution < 1.29 is 9.15 Å². The molecular weight excluding hydrogens is 314 g/mol. The Kier molecular flexibility index (Phi) is 3.98. The largest absolute Gasteiger partial charge is 0.496 e. The van der Waals surface area contributed by atoms with Crippen LogP contribution in [0.1, 0.15) is 11.4 Å². The van der Waals surface area contributed by atoms with Gasteiger partial charge in [-0.3, -0.25) is 0 Å². The lowest BCUT2D eigenvalue weighted by atomic mass is 10.1. The summed E-state index contributed by atoms with van der Waals surface area (Å²) >= 11 is 0. The molecule has 5 nitrogen and oxygen atoms in total. The van der Waals surface area contributed by atoms with Crippen LogP contribution in [0.15, 0.2) is 52.9 Å². The van der Waals surface area contributed by atoms with E-state index < -0.39 is 0 Å². The van der Waals surface area contributed by atoms with Gasteiger partial charge >= 0.3 is 0 Å². The Morgan fingerprint density at radius 2 is 1.84 bits per heavy atom. The minimum atomic E-state index is 0.701. The minimum Gasteiger partial charge on any atom is -0.496 e. The first-order valence-electron chi connectivity index (χ1n) is 8.28. The van der Waals surface area contributed by atoms with Gasteiger partial charge in [-0.1, -0.05) is 30.3 Å². The minimum absolute atomic E-state index is 0.701. The average molecular weight is 333 g/mol. The Morgan fingerprint density at radius 1 is 1.04 bits per heavy atom. The molecule has 4 rings (SSSR count). The fourth-order valence-corrected chi connectivity index (χ4v) is 3.05. The number of hydrogen-bond acceptors (Lipinski definition) is 5. The number of furan rings is 1. The Labute approximate surface area is 145 Å². The second kappa shape index (κ2) is 6.43.